The monoisotopic (exact) mass is 554 g/mol. The summed E-state index contributed by atoms with van der Waals surface area (Å²) in [6, 6.07) is 14.6. The third kappa shape index (κ3) is 7.49. The van der Waals surface area contributed by atoms with Gasteiger partial charge in [-0.1, -0.05) is 57.4 Å². The number of anilines is 1. The number of alkyl halides is 3. The molecule has 2 aromatic rings. The molecule has 0 heterocycles. The molecule has 0 spiro atoms. The summed E-state index contributed by atoms with van der Waals surface area (Å²) in [4.78, 5) is 22.1. The summed E-state index contributed by atoms with van der Waals surface area (Å²) in [5.41, 5.74) is 2.12. The Morgan fingerprint density at radius 2 is 1.47 bits per heavy atom. The van der Waals surface area contributed by atoms with E-state index in [1.54, 1.807) is 24.3 Å². The van der Waals surface area contributed by atoms with Gasteiger partial charge in [0.2, 0.25) is 5.91 Å². The minimum absolute atomic E-state index is 0.123. The number of hydrogen-bond acceptors (Lipinski definition) is 4. The number of aliphatic carboxylic acids is 1. The van der Waals surface area contributed by atoms with Gasteiger partial charge in [-0.15, -0.1) is 0 Å². The normalized spacial score (nSPS) is 17.2. The maximum atomic E-state index is 12.9. The predicted molar refractivity (Wildman–Crippen MR) is 137 cm³/mol. The van der Waals surface area contributed by atoms with Gasteiger partial charge in [-0.3, -0.25) is 9.52 Å². The Hall–Kier alpha value is -3.08. The first-order valence-corrected chi connectivity index (χ1v) is 14.1. The van der Waals surface area contributed by atoms with Crippen molar-refractivity contribution in [1.82, 2.24) is 5.32 Å². The van der Waals surface area contributed by atoms with Gasteiger partial charge in [-0.25, -0.2) is 13.2 Å². The van der Waals surface area contributed by atoms with Crippen LogP contribution in [0.4, 0.5) is 18.9 Å². The molecule has 2 fully saturated rings. The molecule has 7 nitrogen and oxygen atoms in total. The van der Waals surface area contributed by atoms with Crippen LogP contribution >= 0.6 is 0 Å². The number of sulfonamides is 1. The molecule has 11 heteroatoms. The third-order valence-electron chi connectivity index (χ3n) is 6.91. The number of carboxylic acids is 1. The molecule has 2 aromatic carbocycles. The van der Waals surface area contributed by atoms with Crippen LogP contribution in [0.25, 0.3) is 0 Å². The molecule has 0 saturated heterocycles. The van der Waals surface area contributed by atoms with Crippen molar-refractivity contribution < 1.29 is 36.3 Å². The van der Waals surface area contributed by atoms with Crippen molar-refractivity contribution in [3.05, 3.63) is 59.7 Å². The maximum Gasteiger partial charge on any atom is 0.490 e. The SMILES string of the molecule is CC(C)c1ccc(S(=O)(=O)Nc2ccc(C3(C(=O)NC4CCCCC4)CC3)cc2)cc1.O=C(O)C(F)(F)F. The summed E-state index contributed by atoms with van der Waals surface area (Å²) in [6.07, 6.45) is 2.38. The van der Waals surface area contributed by atoms with Crippen LogP contribution in [-0.4, -0.2) is 37.6 Å². The standard InChI is InChI=1S/C25H32N2O3S.C2HF3O2/c1-18(2)19-8-14-23(15-9-19)31(29,30)27-22-12-10-20(11-13-22)25(16-17-25)24(28)26-21-6-4-3-5-7-21;3-2(4,5)1(6)7/h8-15,18,21,27H,3-7,16-17H2,1-2H3,(H,26,28);(H,6,7). The molecule has 208 valence electrons. The minimum Gasteiger partial charge on any atom is -0.475 e. The lowest BCUT2D eigenvalue weighted by Crippen LogP contribution is -2.42. The molecule has 0 radical (unpaired) electrons. The summed E-state index contributed by atoms with van der Waals surface area (Å²) in [6.45, 7) is 4.15. The first-order chi connectivity index (χ1) is 17.7. The van der Waals surface area contributed by atoms with E-state index in [9.17, 15) is 26.4 Å². The fraction of sp³-hybridized carbons (Fsp3) is 0.481. The number of halogens is 3. The van der Waals surface area contributed by atoms with Crippen molar-refractivity contribution in [1.29, 1.82) is 0 Å². The quantitative estimate of drug-likeness (QED) is 0.405. The number of carbonyl (C=O) groups is 2. The summed E-state index contributed by atoms with van der Waals surface area (Å²) >= 11 is 0. The summed E-state index contributed by atoms with van der Waals surface area (Å²) in [5, 5.41) is 10.4. The van der Waals surface area contributed by atoms with Crippen LogP contribution < -0.4 is 10.0 Å². The smallest absolute Gasteiger partial charge is 0.475 e. The zero-order chi connectivity index (χ0) is 28.1. The minimum atomic E-state index is -5.08. The van der Waals surface area contributed by atoms with Crippen molar-refractivity contribution in [2.45, 2.75) is 87.2 Å². The van der Waals surface area contributed by atoms with Crippen LogP contribution in [0.2, 0.25) is 0 Å². The van der Waals surface area contributed by atoms with Crippen LogP contribution in [0.1, 0.15) is 75.8 Å². The molecular weight excluding hydrogens is 521 g/mol. The number of nitrogens with one attached hydrogen (secondary N) is 2. The Kier molecular flexibility index (Phi) is 9.12. The van der Waals surface area contributed by atoms with Crippen molar-refractivity contribution in [2.24, 2.45) is 0 Å². The van der Waals surface area contributed by atoms with E-state index in [1.165, 1.54) is 19.3 Å². The molecule has 0 unspecified atom stereocenters. The van der Waals surface area contributed by atoms with Crippen molar-refractivity contribution in [3.8, 4) is 0 Å². The second-order valence-corrected chi connectivity index (χ2v) is 11.8. The van der Waals surface area contributed by atoms with Crippen LogP contribution in [0, 0.1) is 0 Å². The molecule has 2 saturated carbocycles. The number of amides is 1. The van der Waals surface area contributed by atoms with Crippen molar-refractivity contribution in [2.75, 3.05) is 4.72 Å². The second-order valence-electron chi connectivity index (χ2n) is 10.1. The number of carboxylic acid groups (broad SMARTS) is 1. The molecule has 1 amide bonds. The van der Waals surface area contributed by atoms with Gasteiger partial charge < -0.3 is 10.4 Å². The Morgan fingerprint density at radius 3 is 1.92 bits per heavy atom. The predicted octanol–water partition coefficient (Wildman–Crippen LogP) is 5.72. The van der Waals surface area contributed by atoms with Gasteiger partial charge >= 0.3 is 12.1 Å². The van der Waals surface area contributed by atoms with E-state index < -0.39 is 27.6 Å². The number of rotatable bonds is 7. The first-order valence-electron chi connectivity index (χ1n) is 12.6. The van der Waals surface area contributed by atoms with E-state index in [0.717, 1.165) is 36.8 Å². The second kappa shape index (κ2) is 11.8. The van der Waals surface area contributed by atoms with E-state index in [2.05, 4.69) is 23.9 Å². The summed E-state index contributed by atoms with van der Waals surface area (Å²) in [7, 11) is -3.65. The van der Waals surface area contributed by atoms with Crippen LogP contribution in [-0.2, 0) is 25.0 Å². The Balaban J connectivity index is 0.000000505. The lowest BCUT2D eigenvalue weighted by molar-refractivity contribution is -0.192. The number of carbonyl (C=O) groups excluding carboxylic acids is 1. The zero-order valence-corrected chi connectivity index (χ0v) is 22.2. The van der Waals surface area contributed by atoms with E-state index in [0.29, 0.717) is 17.6 Å². The fourth-order valence-corrected chi connectivity index (χ4v) is 5.50. The van der Waals surface area contributed by atoms with Crippen LogP contribution in [0.15, 0.2) is 53.4 Å². The Labute approximate surface area is 220 Å². The third-order valence-corrected chi connectivity index (χ3v) is 8.31. The molecule has 38 heavy (non-hydrogen) atoms. The molecule has 0 bridgehead atoms. The average molecular weight is 555 g/mol. The van der Waals surface area contributed by atoms with Crippen LogP contribution in [0.5, 0.6) is 0 Å². The lowest BCUT2D eigenvalue weighted by Gasteiger charge is -2.25. The highest BCUT2D eigenvalue weighted by atomic mass is 32.2. The molecule has 3 N–H and O–H groups in total. The largest absolute Gasteiger partial charge is 0.490 e. The van der Waals surface area contributed by atoms with Gasteiger partial charge in [-0.2, -0.15) is 13.2 Å². The maximum absolute atomic E-state index is 12.9. The van der Waals surface area contributed by atoms with Gasteiger partial charge in [0.15, 0.2) is 0 Å². The first kappa shape index (κ1) is 29.5. The summed E-state index contributed by atoms with van der Waals surface area (Å²) < 4.78 is 59.8. The molecule has 2 aliphatic carbocycles. The molecular formula is C27H33F3N2O5S. The molecule has 0 aliphatic heterocycles. The van der Waals surface area contributed by atoms with Gasteiger partial charge in [0, 0.05) is 11.7 Å². The molecule has 2 aliphatic rings. The van der Waals surface area contributed by atoms with E-state index in [-0.39, 0.29) is 10.8 Å². The number of benzene rings is 2. The average Bonchev–Trinajstić information content (AvgIpc) is 3.67. The van der Waals surface area contributed by atoms with Gasteiger partial charge in [0.25, 0.3) is 10.0 Å². The van der Waals surface area contributed by atoms with Gasteiger partial charge in [0.05, 0.1) is 10.3 Å². The molecule has 0 aromatic heterocycles. The zero-order valence-electron chi connectivity index (χ0n) is 21.3. The van der Waals surface area contributed by atoms with Crippen LogP contribution in [0.3, 0.4) is 0 Å². The Morgan fingerprint density at radius 1 is 0.947 bits per heavy atom. The highest BCUT2D eigenvalue weighted by molar-refractivity contribution is 7.92. The summed E-state index contributed by atoms with van der Waals surface area (Å²) in [5.74, 6) is -2.28. The Bertz CT molecular complexity index is 1220. The van der Waals surface area contributed by atoms with E-state index in [4.69, 9.17) is 9.90 Å². The van der Waals surface area contributed by atoms with Crippen molar-refractivity contribution >= 4 is 27.6 Å². The number of hydrogen-bond donors (Lipinski definition) is 3. The highest BCUT2D eigenvalue weighted by Crippen LogP contribution is 2.49. The fourth-order valence-electron chi connectivity index (χ4n) is 4.45. The highest BCUT2D eigenvalue weighted by Gasteiger charge is 2.51. The molecule has 4 rings (SSSR count). The van der Waals surface area contributed by atoms with Gasteiger partial charge in [-0.05, 0) is 67.0 Å². The van der Waals surface area contributed by atoms with Crippen molar-refractivity contribution in [3.63, 3.8) is 0 Å². The van der Waals surface area contributed by atoms with E-state index in [1.807, 2.05) is 24.3 Å². The van der Waals surface area contributed by atoms with Gasteiger partial charge in [0.1, 0.15) is 0 Å². The lowest BCUT2D eigenvalue weighted by atomic mass is 9.91. The topological polar surface area (TPSA) is 113 Å². The van der Waals surface area contributed by atoms with E-state index >= 15 is 0 Å². The molecule has 0 atom stereocenters.